The normalized spacial score (nSPS) is 12.1. The monoisotopic (exact) mass is 610 g/mol. The highest BCUT2D eigenvalue weighted by Crippen LogP contribution is 2.29. The second-order valence-corrected chi connectivity index (χ2v) is 11.0. The molecule has 1 amide bonds. The van der Waals surface area contributed by atoms with Crippen LogP contribution >= 0.6 is 11.6 Å². The minimum atomic E-state index is -0.509. The van der Waals surface area contributed by atoms with Gasteiger partial charge < -0.3 is 20.9 Å². The Morgan fingerprint density at radius 3 is 2.70 bits per heavy atom. The maximum Gasteiger partial charge on any atom is 0.300 e. The van der Waals surface area contributed by atoms with Gasteiger partial charge in [0.2, 0.25) is 11.4 Å². The van der Waals surface area contributed by atoms with Crippen molar-refractivity contribution in [3.63, 3.8) is 0 Å². The van der Waals surface area contributed by atoms with Gasteiger partial charge in [-0.3, -0.25) is 19.9 Å². The number of nitro groups is 1. The molecule has 230 valence electrons. The van der Waals surface area contributed by atoms with Crippen molar-refractivity contribution in [2.24, 2.45) is 0 Å². The molecule has 0 bridgehead atoms. The van der Waals surface area contributed by atoms with Crippen molar-refractivity contribution in [2.45, 2.75) is 58.4 Å². The van der Waals surface area contributed by atoms with Crippen LogP contribution in [-0.4, -0.2) is 69.8 Å². The van der Waals surface area contributed by atoms with E-state index >= 15 is 0 Å². The molecule has 0 aliphatic carbocycles. The zero-order chi connectivity index (χ0) is 30.6. The zero-order valence-corrected chi connectivity index (χ0v) is 25.4. The summed E-state index contributed by atoms with van der Waals surface area (Å²) in [5.74, 6) is 0.0680. The summed E-state index contributed by atoms with van der Waals surface area (Å²) in [5.41, 5.74) is 2.91. The van der Waals surface area contributed by atoms with Gasteiger partial charge in [-0.1, -0.05) is 24.9 Å². The van der Waals surface area contributed by atoms with E-state index in [1.54, 1.807) is 12.3 Å². The molecular weight excluding hydrogens is 572 g/mol. The fourth-order valence-corrected chi connectivity index (χ4v) is 5.20. The van der Waals surface area contributed by atoms with Crippen LogP contribution in [0.15, 0.2) is 47.2 Å². The molecule has 0 fully saturated rings. The maximum atomic E-state index is 12.3. The van der Waals surface area contributed by atoms with Crippen LogP contribution < -0.4 is 16.0 Å². The average molecular weight is 611 g/mol. The number of pyridine rings is 1. The number of unbranched alkanes of at least 4 members (excludes halogenated alkanes) is 2. The Morgan fingerprint density at radius 1 is 1.05 bits per heavy atom. The molecule has 4 aromatic rings. The number of anilines is 2. The van der Waals surface area contributed by atoms with E-state index in [-0.39, 0.29) is 17.1 Å². The minimum absolute atomic E-state index is 0.0680. The highest BCUT2D eigenvalue weighted by molar-refractivity contribution is 6.31. The van der Waals surface area contributed by atoms with Gasteiger partial charge in [-0.15, -0.1) is 0 Å². The quantitative estimate of drug-likeness (QED) is 0.0692. The molecule has 0 saturated heterocycles. The van der Waals surface area contributed by atoms with Crippen LogP contribution in [0.3, 0.4) is 0 Å². The molecule has 1 atom stereocenters. The number of likely N-dealkylation sites (N-methyl/N-ethyl adjacent to an activating group) is 1. The first-order chi connectivity index (χ1) is 20.9. The Bertz CT molecular complexity index is 1510. The SMILES string of the molecule is CCN(CCCC(C)Nc1ccnc2cc(Cl)ccc12)CCNC(=O)CCCCCNc1ccc([N+](=O)[O-])c2nonc12. The van der Waals surface area contributed by atoms with E-state index in [9.17, 15) is 14.9 Å². The molecule has 2 heterocycles. The molecule has 1 unspecified atom stereocenters. The smallest absolute Gasteiger partial charge is 0.300 e. The van der Waals surface area contributed by atoms with Gasteiger partial charge in [0.1, 0.15) is 0 Å². The molecule has 0 radical (unpaired) electrons. The van der Waals surface area contributed by atoms with Gasteiger partial charge in [-0.05, 0) is 86.3 Å². The number of carbonyl (C=O) groups is 1. The summed E-state index contributed by atoms with van der Waals surface area (Å²) >= 11 is 6.11. The molecule has 4 rings (SSSR count). The molecule has 3 N–H and O–H groups in total. The summed E-state index contributed by atoms with van der Waals surface area (Å²) in [6.45, 7) is 8.36. The molecular formula is C30H39ClN8O4. The van der Waals surface area contributed by atoms with Crippen molar-refractivity contribution in [2.75, 3.05) is 43.4 Å². The van der Waals surface area contributed by atoms with Crippen molar-refractivity contribution in [3.8, 4) is 0 Å². The van der Waals surface area contributed by atoms with Crippen LogP contribution in [0.2, 0.25) is 5.02 Å². The van der Waals surface area contributed by atoms with Crippen LogP contribution in [0.5, 0.6) is 0 Å². The number of nitrogens with zero attached hydrogens (tertiary/aromatic N) is 5. The highest BCUT2D eigenvalue weighted by atomic mass is 35.5. The summed E-state index contributed by atoms with van der Waals surface area (Å²) < 4.78 is 4.69. The maximum absolute atomic E-state index is 12.3. The molecule has 0 saturated carbocycles. The molecule has 43 heavy (non-hydrogen) atoms. The largest absolute Gasteiger partial charge is 0.383 e. The minimum Gasteiger partial charge on any atom is -0.383 e. The van der Waals surface area contributed by atoms with Crippen LogP contribution in [0.25, 0.3) is 21.9 Å². The molecule has 13 heteroatoms. The number of aromatic nitrogens is 3. The second kappa shape index (κ2) is 16.0. The highest BCUT2D eigenvalue weighted by Gasteiger charge is 2.19. The summed E-state index contributed by atoms with van der Waals surface area (Å²) in [7, 11) is 0. The second-order valence-electron chi connectivity index (χ2n) is 10.6. The summed E-state index contributed by atoms with van der Waals surface area (Å²) in [6.07, 6.45) is 6.88. The topological polar surface area (TPSA) is 151 Å². The Hall–Kier alpha value is -4.03. The van der Waals surface area contributed by atoms with Crippen molar-refractivity contribution >= 4 is 56.5 Å². The number of nitro benzene ring substituents is 1. The third kappa shape index (κ3) is 9.23. The van der Waals surface area contributed by atoms with Gasteiger partial charge in [-0.25, -0.2) is 4.63 Å². The summed E-state index contributed by atoms with van der Waals surface area (Å²) in [4.78, 5) is 29.7. The number of nitrogens with one attached hydrogen (secondary N) is 3. The van der Waals surface area contributed by atoms with Gasteiger partial charge in [0.15, 0.2) is 5.52 Å². The lowest BCUT2D eigenvalue weighted by Crippen LogP contribution is -2.35. The molecule has 2 aromatic heterocycles. The number of amides is 1. The first-order valence-electron chi connectivity index (χ1n) is 14.8. The third-order valence-corrected chi connectivity index (χ3v) is 7.64. The van der Waals surface area contributed by atoms with Gasteiger partial charge in [0.05, 0.1) is 16.1 Å². The number of hydrogen-bond acceptors (Lipinski definition) is 10. The third-order valence-electron chi connectivity index (χ3n) is 7.40. The van der Waals surface area contributed by atoms with Crippen molar-refractivity contribution < 1.29 is 14.3 Å². The number of carbonyl (C=O) groups excluding carboxylic acids is 1. The van der Waals surface area contributed by atoms with Gasteiger partial charge in [-0.2, -0.15) is 0 Å². The predicted molar refractivity (Wildman–Crippen MR) is 170 cm³/mol. The van der Waals surface area contributed by atoms with E-state index in [0.717, 1.165) is 68.3 Å². The fourth-order valence-electron chi connectivity index (χ4n) is 5.03. The van der Waals surface area contributed by atoms with E-state index in [1.165, 1.54) is 6.07 Å². The van der Waals surface area contributed by atoms with E-state index in [4.69, 9.17) is 11.6 Å². The van der Waals surface area contributed by atoms with Crippen molar-refractivity contribution in [1.82, 2.24) is 25.5 Å². The molecule has 0 spiro atoms. The number of halogens is 1. The molecule has 0 aliphatic rings. The first-order valence-corrected chi connectivity index (χ1v) is 15.2. The van der Waals surface area contributed by atoms with Crippen LogP contribution in [0.4, 0.5) is 17.1 Å². The molecule has 2 aromatic carbocycles. The standard InChI is InChI=1S/C30H39ClN8O4/c1-3-38(18-7-8-21(2)35-24-14-16-33-26-20-22(31)10-11-23(24)26)19-17-34-28(40)9-5-4-6-15-32-25-12-13-27(39(41)42)30-29(25)36-43-37-30/h10-14,16,20-21,32H,3-9,15,17-19H2,1-2H3,(H,33,35)(H,34,40). The van der Waals surface area contributed by atoms with E-state index in [1.807, 2.05) is 24.3 Å². The van der Waals surface area contributed by atoms with Crippen LogP contribution in [-0.2, 0) is 4.79 Å². The first kappa shape index (κ1) is 31.9. The fraction of sp³-hybridized carbons (Fsp3) is 0.467. The Balaban J connectivity index is 1.06. The Kier molecular flexibility index (Phi) is 11.9. The lowest BCUT2D eigenvalue weighted by molar-refractivity contribution is -0.383. The number of rotatable bonds is 18. The molecule has 0 aliphatic heterocycles. The van der Waals surface area contributed by atoms with Gasteiger partial charge in [0, 0.05) is 60.5 Å². The average Bonchev–Trinajstić information content (AvgIpc) is 3.48. The van der Waals surface area contributed by atoms with E-state index in [2.05, 4.69) is 54.6 Å². The summed E-state index contributed by atoms with van der Waals surface area (Å²) in [5, 5.41) is 30.2. The van der Waals surface area contributed by atoms with E-state index in [0.29, 0.717) is 41.8 Å². The van der Waals surface area contributed by atoms with Gasteiger partial charge >= 0.3 is 5.69 Å². The number of benzene rings is 2. The van der Waals surface area contributed by atoms with Gasteiger partial charge in [0.25, 0.3) is 0 Å². The number of fused-ring (bicyclic) bond motifs is 2. The van der Waals surface area contributed by atoms with Crippen LogP contribution in [0, 0.1) is 10.1 Å². The Morgan fingerprint density at radius 2 is 1.88 bits per heavy atom. The van der Waals surface area contributed by atoms with E-state index < -0.39 is 4.92 Å². The lowest BCUT2D eigenvalue weighted by atomic mass is 10.1. The summed E-state index contributed by atoms with van der Waals surface area (Å²) in [6, 6.07) is 11.1. The number of hydrogen-bond donors (Lipinski definition) is 3. The van der Waals surface area contributed by atoms with Crippen molar-refractivity contribution in [3.05, 3.63) is 57.7 Å². The zero-order valence-electron chi connectivity index (χ0n) is 24.6. The predicted octanol–water partition coefficient (Wildman–Crippen LogP) is 6.02. The number of non-ortho nitro benzene ring substituents is 1. The van der Waals surface area contributed by atoms with Crippen LogP contribution in [0.1, 0.15) is 52.4 Å². The van der Waals surface area contributed by atoms with Crippen molar-refractivity contribution in [1.29, 1.82) is 0 Å². The lowest BCUT2D eigenvalue weighted by Gasteiger charge is -2.22. The molecule has 12 nitrogen and oxygen atoms in total. The Labute approximate surface area is 255 Å².